The fraction of sp³-hybridized carbons (Fsp3) is 0.909. The monoisotopic (exact) mass is 321 g/mol. The van der Waals surface area contributed by atoms with Crippen molar-refractivity contribution >= 4 is 5.97 Å². The van der Waals surface area contributed by atoms with Crippen molar-refractivity contribution in [1.82, 2.24) is 5.06 Å². The molecule has 1 aliphatic heterocycles. The smallest absolute Gasteiger partial charge is 0.322 e. The highest BCUT2D eigenvalue weighted by molar-refractivity contribution is 5.65. The Balaban J connectivity index is 3.23. The summed E-state index contributed by atoms with van der Waals surface area (Å²) in [4.78, 5) is 47.0. The van der Waals surface area contributed by atoms with Crippen molar-refractivity contribution in [2.45, 2.75) is 64.3 Å². The number of nitrogens with zero attached hydrogens (tertiary/aromatic N) is 3. The third-order valence-corrected chi connectivity index (χ3v) is 3.70. The first kappa shape index (κ1) is 17.9. The first-order chi connectivity index (χ1) is 9.88. The zero-order valence-corrected chi connectivity index (χ0v) is 13.0. The molecule has 11 heteroatoms. The molecule has 1 heterocycles. The SMILES string of the molecule is CC(=O)ON1C(C)(C)C(O[N+](=O)[O-])CC(O[N+](=O)[O-])C1(C)C. The molecule has 1 aliphatic rings. The Morgan fingerprint density at radius 1 is 1.05 bits per heavy atom. The molecule has 0 aromatic rings. The van der Waals surface area contributed by atoms with E-state index in [4.69, 9.17) is 4.84 Å². The predicted octanol–water partition coefficient (Wildman–Crippen LogP) is 0.881. The molecule has 0 saturated carbocycles. The van der Waals surface area contributed by atoms with Crippen molar-refractivity contribution in [1.29, 1.82) is 0 Å². The van der Waals surface area contributed by atoms with E-state index in [9.17, 15) is 25.0 Å². The van der Waals surface area contributed by atoms with E-state index in [0.29, 0.717) is 0 Å². The largest absolute Gasteiger partial charge is 0.367 e. The van der Waals surface area contributed by atoms with Gasteiger partial charge in [-0.1, -0.05) is 0 Å². The molecular weight excluding hydrogens is 302 g/mol. The van der Waals surface area contributed by atoms with E-state index in [-0.39, 0.29) is 6.42 Å². The fourth-order valence-electron chi connectivity index (χ4n) is 2.69. The maximum absolute atomic E-state index is 11.3. The molecule has 0 radical (unpaired) electrons. The van der Waals surface area contributed by atoms with Crippen LogP contribution in [0.15, 0.2) is 0 Å². The van der Waals surface area contributed by atoms with Crippen LogP contribution in [0.5, 0.6) is 0 Å². The van der Waals surface area contributed by atoms with Gasteiger partial charge in [0.2, 0.25) is 0 Å². The van der Waals surface area contributed by atoms with Gasteiger partial charge >= 0.3 is 5.97 Å². The second-order valence-corrected chi connectivity index (χ2v) is 6.06. The summed E-state index contributed by atoms with van der Waals surface area (Å²) in [6.07, 6.45) is -2.28. The van der Waals surface area contributed by atoms with Crippen molar-refractivity contribution in [3.63, 3.8) is 0 Å². The van der Waals surface area contributed by atoms with Crippen LogP contribution in [0.2, 0.25) is 0 Å². The van der Waals surface area contributed by atoms with Gasteiger partial charge < -0.3 is 14.5 Å². The summed E-state index contributed by atoms with van der Waals surface area (Å²) in [5, 5.41) is 20.5. The van der Waals surface area contributed by atoms with Crippen molar-refractivity contribution in [2.24, 2.45) is 0 Å². The molecule has 0 spiro atoms. The van der Waals surface area contributed by atoms with Gasteiger partial charge in [0.1, 0.15) is 12.2 Å². The van der Waals surface area contributed by atoms with E-state index >= 15 is 0 Å². The van der Waals surface area contributed by atoms with Crippen LogP contribution in [0.1, 0.15) is 41.0 Å². The predicted molar refractivity (Wildman–Crippen MR) is 70.1 cm³/mol. The Kier molecular flexibility index (Phi) is 4.80. The average molecular weight is 321 g/mol. The van der Waals surface area contributed by atoms with Crippen LogP contribution >= 0.6 is 0 Å². The molecule has 0 aliphatic carbocycles. The maximum atomic E-state index is 11.3. The topological polar surface area (TPSA) is 134 Å². The van der Waals surface area contributed by atoms with Crippen LogP contribution in [0.25, 0.3) is 0 Å². The summed E-state index contributed by atoms with van der Waals surface area (Å²) in [5.41, 5.74) is -2.20. The third-order valence-electron chi connectivity index (χ3n) is 3.70. The van der Waals surface area contributed by atoms with Gasteiger partial charge in [-0.25, -0.2) is 0 Å². The van der Waals surface area contributed by atoms with E-state index in [0.717, 1.165) is 12.0 Å². The number of hydrogen-bond donors (Lipinski definition) is 0. The number of rotatable bonds is 5. The van der Waals surface area contributed by atoms with Crippen molar-refractivity contribution in [3.05, 3.63) is 20.2 Å². The highest BCUT2D eigenvalue weighted by Crippen LogP contribution is 2.41. The zero-order valence-electron chi connectivity index (χ0n) is 13.0. The summed E-state index contributed by atoms with van der Waals surface area (Å²) >= 11 is 0. The van der Waals surface area contributed by atoms with Gasteiger partial charge in [-0.2, -0.15) is 0 Å². The number of hydrogen-bond acceptors (Lipinski definition) is 9. The summed E-state index contributed by atoms with van der Waals surface area (Å²) < 4.78 is 0. The lowest BCUT2D eigenvalue weighted by atomic mass is 9.78. The molecule has 1 fully saturated rings. The van der Waals surface area contributed by atoms with E-state index in [1.54, 1.807) is 27.7 Å². The minimum Gasteiger partial charge on any atom is -0.367 e. The van der Waals surface area contributed by atoms with Crippen molar-refractivity contribution in [2.75, 3.05) is 0 Å². The molecule has 0 bridgehead atoms. The van der Waals surface area contributed by atoms with Crippen molar-refractivity contribution < 1.29 is 29.5 Å². The fourth-order valence-corrected chi connectivity index (χ4v) is 2.69. The first-order valence-corrected chi connectivity index (χ1v) is 6.50. The third kappa shape index (κ3) is 3.53. The van der Waals surface area contributed by atoms with Gasteiger partial charge in [-0.3, -0.25) is 4.79 Å². The summed E-state index contributed by atoms with van der Waals surface area (Å²) in [7, 11) is 0. The van der Waals surface area contributed by atoms with Gasteiger partial charge in [0.05, 0.1) is 11.1 Å². The standard InChI is InChI=1S/C11H19N3O8/c1-7(15)20-12-10(2,3)8(21-13(16)17)6-9(11(12,4)5)22-14(18)19/h8-9H,6H2,1-5H3. The quantitative estimate of drug-likeness (QED) is 0.534. The molecule has 0 aromatic heterocycles. The van der Waals surface area contributed by atoms with E-state index in [1.165, 1.54) is 0 Å². The van der Waals surface area contributed by atoms with Gasteiger partial charge in [-0.05, 0) is 27.7 Å². The molecule has 0 aromatic carbocycles. The minimum atomic E-state index is -1.10. The van der Waals surface area contributed by atoms with Gasteiger partial charge in [0.25, 0.3) is 10.2 Å². The van der Waals surface area contributed by atoms with Gasteiger partial charge in [0.15, 0.2) is 0 Å². The molecular formula is C11H19N3O8. The molecule has 0 N–H and O–H groups in total. The Morgan fingerprint density at radius 3 is 1.68 bits per heavy atom. The molecule has 1 saturated heterocycles. The Morgan fingerprint density at radius 2 is 1.41 bits per heavy atom. The molecule has 0 amide bonds. The number of carbonyl (C=O) groups excluding carboxylic acids is 1. The Hall–Kier alpha value is -2.17. The number of piperidine rings is 1. The van der Waals surface area contributed by atoms with Crippen LogP contribution in [0.3, 0.4) is 0 Å². The Bertz CT molecular complexity index is 444. The van der Waals surface area contributed by atoms with E-state index in [1.807, 2.05) is 0 Å². The summed E-state index contributed by atoms with van der Waals surface area (Å²) in [6.45, 7) is 7.47. The van der Waals surface area contributed by atoms with Crippen LogP contribution in [-0.2, 0) is 19.3 Å². The van der Waals surface area contributed by atoms with Crippen LogP contribution in [-0.4, -0.2) is 44.5 Å². The lowest BCUT2D eigenvalue weighted by Gasteiger charge is -2.55. The zero-order chi connectivity index (χ0) is 17.3. The van der Waals surface area contributed by atoms with Gasteiger partial charge in [0, 0.05) is 13.3 Å². The molecule has 22 heavy (non-hydrogen) atoms. The van der Waals surface area contributed by atoms with E-state index in [2.05, 4.69) is 9.68 Å². The second kappa shape index (κ2) is 5.91. The minimum absolute atomic E-state index is 0.111. The highest BCUT2D eigenvalue weighted by atomic mass is 17.0. The van der Waals surface area contributed by atoms with Gasteiger partial charge in [-0.15, -0.1) is 25.3 Å². The Labute approximate surface area is 126 Å². The second-order valence-electron chi connectivity index (χ2n) is 6.06. The normalized spacial score (nSPS) is 26.8. The number of hydroxylamine groups is 2. The first-order valence-electron chi connectivity index (χ1n) is 6.50. The van der Waals surface area contributed by atoms with Crippen molar-refractivity contribution in [3.8, 4) is 0 Å². The molecule has 2 atom stereocenters. The highest BCUT2D eigenvalue weighted by Gasteiger charge is 2.57. The van der Waals surface area contributed by atoms with Crippen LogP contribution in [0.4, 0.5) is 0 Å². The molecule has 126 valence electrons. The lowest BCUT2D eigenvalue weighted by Crippen LogP contribution is -2.71. The summed E-state index contributed by atoms with van der Waals surface area (Å²) in [5.74, 6) is -0.664. The molecule has 11 nitrogen and oxygen atoms in total. The summed E-state index contributed by atoms with van der Waals surface area (Å²) in [6, 6.07) is 0. The van der Waals surface area contributed by atoms with Crippen LogP contribution < -0.4 is 0 Å². The van der Waals surface area contributed by atoms with E-state index < -0.39 is 39.4 Å². The maximum Gasteiger partial charge on any atom is 0.322 e. The lowest BCUT2D eigenvalue weighted by molar-refractivity contribution is -0.787. The average Bonchev–Trinajstić information content (AvgIpc) is 2.30. The number of carbonyl (C=O) groups is 1. The molecule has 2 unspecified atom stereocenters. The van der Waals surface area contributed by atoms with Crippen LogP contribution in [0, 0.1) is 20.2 Å². The molecule has 1 rings (SSSR count).